The van der Waals surface area contributed by atoms with Crippen LogP contribution in [-0.2, 0) is 28.7 Å². The first-order valence-electron chi connectivity index (χ1n) is 4.37. The van der Waals surface area contributed by atoms with Gasteiger partial charge in [0, 0.05) is 0 Å². The van der Waals surface area contributed by atoms with E-state index in [1.165, 1.54) is 6.92 Å². The van der Waals surface area contributed by atoms with Gasteiger partial charge < -0.3 is 9.84 Å². The van der Waals surface area contributed by atoms with Gasteiger partial charge in [0.15, 0.2) is 6.29 Å². The Morgan fingerprint density at radius 1 is 1.24 bits per heavy atom. The van der Waals surface area contributed by atoms with Crippen LogP contribution in [0.25, 0.3) is 0 Å². The lowest BCUT2D eigenvalue weighted by Crippen LogP contribution is -2.36. The van der Waals surface area contributed by atoms with Crippen molar-refractivity contribution >= 4 is 35.8 Å². The third-order valence-electron chi connectivity index (χ3n) is 1.75. The Labute approximate surface area is 94.5 Å². The van der Waals surface area contributed by atoms with Crippen LogP contribution < -0.4 is 0 Å². The highest BCUT2D eigenvalue weighted by molar-refractivity contribution is 6.75. The number of ketones is 3. The molecule has 0 radical (unpaired) electrons. The summed E-state index contributed by atoms with van der Waals surface area (Å²) >= 11 is 0. The molecule has 0 aromatic carbocycles. The van der Waals surface area contributed by atoms with Gasteiger partial charge in [0.2, 0.25) is 5.78 Å². The molecular weight excluding hydrogens is 236 g/mol. The molecule has 17 heavy (non-hydrogen) atoms. The molecule has 0 aromatic heterocycles. The molecule has 0 aliphatic heterocycles. The second-order valence-corrected chi connectivity index (χ2v) is 2.82. The van der Waals surface area contributed by atoms with Crippen molar-refractivity contribution in [2.45, 2.75) is 13.3 Å². The molecule has 8 heteroatoms. The summed E-state index contributed by atoms with van der Waals surface area (Å²) in [6, 6.07) is 0. The fourth-order valence-electron chi connectivity index (χ4n) is 0.949. The lowest BCUT2D eigenvalue weighted by Gasteiger charge is -2.08. The molecule has 8 nitrogen and oxygen atoms in total. The molecule has 1 N–H and O–H groups in total. The van der Waals surface area contributed by atoms with E-state index in [0.29, 0.717) is 0 Å². The van der Waals surface area contributed by atoms with Crippen molar-refractivity contribution in [2.24, 2.45) is 5.92 Å². The summed E-state index contributed by atoms with van der Waals surface area (Å²) in [7, 11) is 0. The zero-order valence-corrected chi connectivity index (χ0v) is 8.67. The molecule has 0 heterocycles. The van der Waals surface area contributed by atoms with Crippen molar-refractivity contribution in [1.82, 2.24) is 0 Å². The number of Topliss-reactive ketones (excluding diaryl/α,β-unsaturated/α-hetero) is 3. The Balaban J connectivity index is 4.89. The number of carbonyl (C=O) groups excluding carboxylic acids is 5. The number of esters is 1. The molecule has 1 atom stereocenters. The van der Waals surface area contributed by atoms with E-state index in [1.54, 1.807) is 0 Å². The lowest BCUT2D eigenvalue weighted by molar-refractivity contribution is -0.153. The molecule has 0 saturated heterocycles. The third kappa shape index (κ3) is 3.93. The van der Waals surface area contributed by atoms with Gasteiger partial charge in [0.1, 0.15) is 5.92 Å². The van der Waals surface area contributed by atoms with Crippen LogP contribution in [0.15, 0.2) is 0 Å². The third-order valence-corrected chi connectivity index (χ3v) is 1.75. The summed E-state index contributed by atoms with van der Waals surface area (Å²) in [5, 5.41) is 8.14. The van der Waals surface area contributed by atoms with Gasteiger partial charge in [-0.05, 0) is 6.42 Å². The summed E-state index contributed by atoms with van der Waals surface area (Å²) in [6.07, 6.45) is -2.53. The monoisotopic (exact) mass is 244 g/mol. The molecule has 0 amide bonds. The van der Waals surface area contributed by atoms with Gasteiger partial charge in [0.05, 0.1) is 0 Å². The highest BCUT2D eigenvalue weighted by Crippen LogP contribution is 2.08. The molecule has 0 rings (SSSR count). The number of hydrogen-bond acceptors (Lipinski definition) is 7. The predicted octanol–water partition coefficient (Wildman–Crippen LogP) is -0.860. The van der Waals surface area contributed by atoms with Crippen molar-refractivity contribution in [3.63, 3.8) is 0 Å². The van der Waals surface area contributed by atoms with Crippen molar-refractivity contribution < 1.29 is 38.6 Å². The molecule has 1 unspecified atom stereocenters. The lowest BCUT2D eigenvalue weighted by atomic mass is 9.96. The van der Waals surface area contributed by atoms with E-state index in [-0.39, 0.29) is 12.7 Å². The average Bonchev–Trinajstić information content (AvgIpc) is 2.26. The molecule has 0 aliphatic rings. The molecule has 0 spiro atoms. The largest absolute Gasteiger partial charge is 0.513 e. The van der Waals surface area contributed by atoms with Crippen LogP contribution >= 0.6 is 0 Å². The molecule has 92 valence electrons. The smallest absolute Gasteiger partial charge is 0.449 e. The maximum Gasteiger partial charge on any atom is 0.513 e. The molecular formula is C9H8O8. The first-order valence-corrected chi connectivity index (χ1v) is 4.37. The van der Waals surface area contributed by atoms with Gasteiger partial charge in [0.25, 0.3) is 11.6 Å². The summed E-state index contributed by atoms with van der Waals surface area (Å²) < 4.78 is 3.69. The van der Waals surface area contributed by atoms with Gasteiger partial charge in [-0.2, -0.15) is 0 Å². The van der Waals surface area contributed by atoms with Gasteiger partial charge in [-0.25, -0.2) is 4.79 Å². The Hall–Kier alpha value is -2.38. The fraction of sp³-hybridized carbons (Fsp3) is 0.333. The van der Waals surface area contributed by atoms with Gasteiger partial charge >= 0.3 is 12.1 Å². The highest BCUT2D eigenvalue weighted by Gasteiger charge is 2.35. The zero-order valence-electron chi connectivity index (χ0n) is 8.67. The van der Waals surface area contributed by atoms with Gasteiger partial charge in [-0.1, -0.05) is 6.92 Å². The second kappa shape index (κ2) is 6.26. The standard InChI is InChI=1S/C9H8O8/c1-2-4(8(14)17-9(15)16)6(12)7(13)5(11)3-10/h3-4H,2H2,1H3,(H,15,16). The van der Waals surface area contributed by atoms with E-state index in [2.05, 4.69) is 4.74 Å². The number of hydrogen-bond donors (Lipinski definition) is 1. The Kier molecular flexibility index (Phi) is 5.38. The molecule has 0 bridgehead atoms. The van der Waals surface area contributed by atoms with Crippen molar-refractivity contribution in [3.05, 3.63) is 0 Å². The van der Waals surface area contributed by atoms with Crippen LogP contribution in [0.2, 0.25) is 0 Å². The van der Waals surface area contributed by atoms with Crippen LogP contribution in [0.3, 0.4) is 0 Å². The topological polar surface area (TPSA) is 132 Å². The Bertz CT molecular complexity index is 394. The molecule has 0 aliphatic carbocycles. The Morgan fingerprint density at radius 3 is 2.12 bits per heavy atom. The van der Waals surface area contributed by atoms with Crippen molar-refractivity contribution in [1.29, 1.82) is 0 Å². The number of rotatable bonds is 6. The normalized spacial score (nSPS) is 11.1. The van der Waals surface area contributed by atoms with E-state index < -0.39 is 35.4 Å². The van der Waals surface area contributed by atoms with E-state index in [1.807, 2.05) is 0 Å². The van der Waals surface area contributed by atoms with Crippen molar-refractivity contribution in [3.8, 4) is 0 Å². The first-order chi connectivity index (χ1) is 7.84. The van der Waals surface area contributed by atoms with Crippen LogP contribution in [0.4, 0.5) is 4.79 Å². The van der Waals surface area contributed by atoms with Crippen LogP contribution in [0.1, 0.15) is 13.3 Å². The SMILES string of the molecule is CCC(C(=O)OC(=O)O)C(=O)C(=O)C(=O)C=O. The Morgan fingerprint density at radius 2 is 1.76 bits per heavy atom. The second-order valence-electron chi connectivity index (χ2n) is 2.82. The summed E-state index contributed by atoms with van der Waals surface area (Å²) in [5.74, 6) is -7.90. The van der Waals surface area contributed by atoms with Crippen molar-refractivity contribution in [2.75, 3.05) is 0 Å². The quantitative estimate of drug-likeness (QED) is 0.276. The number of carboxylic acid groups (broad SMARTS) is 1. The summed E-state index contributed by atoms with van der Waals surface area (Å²) in [6.45, 7) is 1.31. The first kappa shape index (κ1) is 14.6. The maximum atomic E-state index is 11.3. The number of aldehydes is 1. The summed E-state index contributed by atoms with van der Waals surface area (Å²) in [5.41, 5.74) is 0. The predicted molar refractivity (Wildman–Crippen MR) is 49.0 cm³/mol. The highest BCUT2D eigenvalue weighted by atomic mass is 16.7. The van der Waals surface area contributed by atoms with Gasteiger partial charge in [-0.3, -0.25) is 24.0 Å². The van der Waals surface area contributed by atoms with Crippen LogP contribution in [-0.4, -0.2) is 40.9 Å². The van der Waals surface area contributed by atoms with E-state index in [0.717, 1.165) is 0 Å². The van der Waals surface area contributed by atoms with Crippen LogP contribution in [0.5, 0.6) is 0 Å². The zero-order chi connectivity index (χ0) is 13.6. The van der Waals surface area contributed by atoms with E-state index in [9.17, 15) is 28.8 Å². The minimum absolute atomic E-state index is 0.233. The summed E-state index contributed by atoms with van der Waals surface area (Å²) in [4.78, 5) is 64.0. The van der Waals surface area contributed by atoms with Crippen LogP contribution in [0, 0.1) is 5.92 Å². The maximum absolute atomic E-state index is 11.3. The minimum atomic E-state index is -1.93. The fourth-order valence-corrected chi connectivity index (χ4v) is 0.949. The molecule has 0 saturated carbocycles. The number of ether oxygens (including phenoxy) is 1. The average molecular weight is 244 g/mol. The van der Waals surface area contributed by atoms with Gasteiger partial charge in [-0.15, -0.1) is 0 Å². The van der Waals surface area contributed by atoms with E-state index >= 15 is 0 Å². The molecule has 0 fully saturated rings. The minimum Gasteiger partial charge on any atom is -0.449 e. The number of carbonyl (C=O) groups is 6. The molecule has 0 aromatic rings. The van der Waals surface area contributed by atoms with E-state index in [4.69, 9.17) is 5.11 Å².